The molecule has 0 N–H and O–H groups in total. The van der Waals surface area contributed by atoms with E-state index in [2.05, 4.69) is 11.9 Å². The lowest BCUT2D eigenvalue weighted by molar-refractivity contribution is -0.140. The fourth-order valence-corrected chi connectivity index (χ4v) is 4.40. The maximum atomic E-state index is 13.8. The summed E-state index contributed by atoms with van der Waals surface area (Å²) in [7, 11) is 2.07. The molecule has 1 unspecified atom stereocenters. The minimum Gasteiger partial charge on any atom is -0.379 e. The molecule has 2 saturated heterocycles. The van der Waals surface area contributed by atoms with Gasteiger partial charge in [0.05, 0.1) is 25.0 Å². The Kier molecular flexibility index (Phi) is 6.99. The Hall–Kier alpha value is -2.70. The van der Waals surface area contributed by atoms with Gasteiger partial charge in [0.25, 0.3) is 0 Å². The van der Waals surface area contributed by atoms with Crippen LogP contribution in [0, 0.1) is 5.92 Å². The normalized spacial score (nSPS) is 20.5. The Morgan fingerprint density at radius 3 is 2.00 bits per heavy atom. The SMILES string of the molecule is CN1CCN(C(=O)C2COCCN(C(=O)C(c3ccccc3)c3ccccc3)C2)CC1. The monoisotopic (exact) mass is 421 g/mol. The number of amides is 2. The molecule has 31 heavy (non-hydrogen) atoms. The molecular weight excluding hydrogens is 390 g/mol. The first-order chi connectivity index (χ1) is 15.1. The first-order valence-electron chi connectivity index (χ1n) is 11.1. The molecule has 4 rings (SSSR count). The Balaban J connectivity index is 1.54. The van der Waals surface area contributed by atoms with Crippen LogP contribution in [0.2, 0.25) is 0 Å². The molecule has 0 spiro atoms. The van der Waals surface area contributed by atoms with Crippen molar-refractivity contribution in [2.45, 2.75) is 5.92 Å². The first-order valence-corrected chi connectivity index (χ1v) is 11.1. The molecule has 0 radical (unpaired) electrons. The van der Waals surface area contributed by atoms with Crippen molar-refractivity contribution in [2.24, 2.45) is 5.92 Å². The molecule has 6 nitrogen and oxygen atoms in total. The smallest absolute Gasteiger partial charge is 0.234 e. The highest BCUT2D eigenvalue weighted by Gasteiger charge is 2.34. The number of hydrogen-bond acceptors (Lipinski definition) is 4. The molecule has 2 aliphatic heterocycles. The van der Waals surface area contributed by atoms with E-state index in [0.717, 1.165) is 37.3 Å². The number of hydrogen-bond donors (Lipinski definition) is 0. The summed E-state index contributed by atoms with van der Waals surface area (Å²) in [6.07, 6.45) is 0. The number of carbonyl (C=O) groups is 2. The lowest BCUT2D eigenvalue weighted by atomic mass is 9.89. The van der Waals surface area contributed by atoms with Crippen LogP contribution in [0.4, 0.5) is 0 Å². The van der Waals surface area contributed by atoms with Crippen LogP contribution in [0.15, 0.2) is 60.7 Å². The molecule has 2 aromatic carbocycles. The average molecular weight is 422 g/mol. The maximum Gasteiger partial charge on any atom is 0.234 e. The number of rotatable bonds is 4. The van der Waals surface area contributed by atoms with E-state index in [-0.39, 0.29) is 23.7 Å². The van der Waals surface area contributed by atoms with Gasteiger partial charge in [-0.15, -0.1) is 0 Å². The zero-order chi connectivity index (χ0) is 21.6. The summed E-state index contributed by atoms with van der Waals surface area (Å²) in [5, 5.41) is 0. The zero-order valence-corrected chi connectivity index (χ0v) is 18.2. The van der Waals surface area contributed by atoms with Gasteiger partial charge in [-0.3, -0.25) is 9.59 Å². The van der Waals surface area contributed by atoms with Gasteiger partial charge in [0.15, 0.2) is 0 Å². The molecule has 0 aromatic heterocycles. The van der Waals surface area contributed by atoms with Crippen LogP contribution in [0.1, 0.15) is 17.0 Å². The average Bonchev–Trinajstić information content (AvgIpc) is 3.07. The molecule has 1 atom stereocenters. The summed E-state index contributed by atoms with van der Waals surface area (Å²) >= 11 is 0. The van der Waals surface area contributed by atoms with Crippen molar-refractivity contribution in [3.8, 4) is 0 Å². The van der Waals surface area contributed by atoms with E-state index in [9.17, 15) is 9.59 Å². The second-order valence-electron chi connectivity index (χ2n) is 8.44. The van der Waals surface area contributed by atoms with E-state index in [1.807, 2.05) is 70.5 Å². The molecule has 0 bridgehead atoms. The van der Waals surface area contributed by atoms with Crippen LogP contribution < -0.4 is 0 Å². The molecule has 2 fully saturated rings. The van der Waals surface area contributed by atoms with Crippen molar-refractivity contribution < 1.29 is 14.3 Å². The summed E-state index contributed by atoms with van der Waals surface area (Å²) in [6.45, 7) is 4.96. The number of nitrogens with zero attached hydrogens (tertiary/aromatic N) is 3. The third-order valence-corrected chi connectivity index (χ3v) is 6.25. The fourth-order valence-electron chi connectivity index (χ4n) is 4.40. The van der Waals surface area contributed by atoms with Crippen molar-refractivity contribution >= 4 is 11.8 Å². The summed E-state index contributed by atoms with van der Waals surface area (Å²) in [4.78, 5) is 32.9. The van der Waals surface area contributed by atoms with Crippen molar-refractivity contribution in [1.82, 2.24) is 14.7 Å². The van der Waals surface area contributed by atoms with Crippen LogP contribution >= 0.6 is 0 Å². The second kappa shape index (κ2) is 10.1. The number of carbonyl (C=O) groups excluding carboxylic acids is 2. The predicted octanol–water partition coefficient (Wildman–Crippen LogP) is 2.07. The molecule has 2 heterocycles. The van der Waals surface area contributed by atoms with Gasteiger partial charge in [-0.1, -0.05) is 60.7 Å². The number of piperazine rings is 1. The molecule has 164 valence electrons. The van der Waals surface area contributed by atoms with E-state index in [0.29, 0.717) is 26.3 Å². The van der Waals surface area contributed by atoms with Gasteiger partial charge in [-0.05, 0) is 18.2 Å². The summed E-state index contributed by atoms with van der Waals surface area (Å²) in [5.74, 6) is -0.579. The number of benzene rings is 2. The molecular formula is C25H31N3O3. The van der Waals surface area contributed by atoms with E-state index in [1.165, 1.54) is 0 Å². The van der Waals surface area contributed by atoms with E-state index in [4.69, 9.17) is 4.74 Å². The molecule has 0 saturated carbocycles. The lowest BCUT2D eigenvalue weighted by Crippen LogP contribution is -2.51. The van der Waals surface area contributed by atoms with Crippen molar-refractivity contribution in [2.75, 3.05) is 59.5 Å². The Morgan fingerprint density at radius 2 is 1.42 bits per heavy atom. The lowest BCUT2D eigenvalue weighted by Gasteiger charge is -2.35. The number of ether oxygens (including phenoxy) is 1. The standard InChI is InChI=1S/C25H31N3O3/c1-26-12-14-27(15-13-26)24(29)22-18-28(16-17-31-19-22)25(30)23(20-8-4-2-5-9-20)21-10-6-3-7-11-21/h2-11,22-23H,12-19H2,1H3. The van der Waals surface area contributed by atoms with Crippen LogP contribution in [-0.4, -0.2) is 86.0 Å². The van der Waals surface area contributed by atoms with Gasteiger partial charge in [0.1, 0.15) is 0 Å². The highest BCUT2D eigenvalue weighted by Crippen LogP contribution is 2.28. The second-order valence-corrected chi connectivity index (χ2v) is 8.44. The first kappa shape index (κ1) is 21.5. The highest BCUT2D eigenvalue weighted by atomic mass is 16.5. The van der Waals surface area contributed by atoms with Gasteiger partial charge in [0, 0.05) is 39.3 Å². The van der Waals surface area contributed by atoms with E-state index >= 15 is 0 Å². The fraction of sp³-hybridized carbons (Fsp3) is 0.440. The summed E-state index contributed by atoms with van der Waals surface area (Å²) in [6, 6.07) is 19.8. The van der Waals surface area contributed by atoms with Gasteiger partial charge in [-0.2, -0.15) is 0 Å². The van der Waals surface area contributed by atoms with Gasteiger partial charge in [-0.25, -0.2) is 0 Å². The largest absolute Gasteiger partial charge is 0.379 e. The molecule has 6 heteroatoms. The maximum absolute atomic E-state index is 13.8. The topological polar surface area (TPSA) is 53.1 Å². The minimum atomic E-state index is -0.389. The van der Waals surface area contributed by atoms with Gasteiger partial charge >= 0.3 is 0 Å². The molecule has 0 aliphatic carbocycles. The van der Waals surface area contributed by atoms with Gasteiger partial charge in [0.2, 0.25) is 11.8 Å². The van der Waals surface area contributed by atoms with Crippen molar-refractivity contribution in [3.63, 3.8) is 0 Å². The molecule has 2 amide bonds. The Bertz CT molecular complexity index is 827. The van der Waals surface area contributed by atoms with Crippen LogP contribution in [-0.2, 0) is 14.3 Å². The van der Waals surface area contributed by atoms with E-state index in [1.54, 1.807) is 0 Å². The highest BCUT2D eigenvalue weighted by molar-refractivity contribution is 5.88. The van der Waals surface area contributed by atoms with Crippen molar-refractivity contribution in [1.29, 1.82) is 0 Å². The van der Waals surface area contributed by atoms with Gasteiger partial charge < -0.3 is 19.4 Å². The predicted molar refractivity (Wildman–Crippen MR) is 120 cm³/mol. The molecule has 2 aliphatic rings. The Morgan fingerprint density at radius 1 is 0.839 bits per heavy atom. The van der Waals surface area contributed by atoms with Crippen LogP contribution in [0.5, 0.6) is 0 Å². The van der Waals surface area contributed by atoms with Crippen molar-refractivity contribution in [3.05, 3.63) is 71.8 Å². The summed E-state index contributed by atoms with van der Waals surface area (Å²) in [5.41, 5.74) is 1.93. The quantitative estimate of drug-likeness (QED) is 0.759. The van der Waals surface area contributed by atoms with E-state index < -0.39 is 0 Å². The molecule has 2 aromatic rings. The van der Waals surface area contributed by atoms with Crippen LogP contribution in [0.3, 0.4) is 0 Å². The van der Waals surface area contributed by atoms with Crippen LogP contribution in [0.25, 0.3) is 0 Å². The number of likely N-dealkylation sites (N-methyl/N-ethyl adjacent to an activating group) is 1. The minimum absolute atomic E-state index is 0.0269. The summed E-state index contributed by atoms with van der Waals surface area (Å²) < 4.78 is 5.76. The Labute approximate surface area is 184 Å². The zero-order valence-electron chi connectivity index (χ0n) is 18.2. The third kappa shape index (κ3) is 5.14. The third-order valence-electron chi connectivity index (χ3n) is 6.25.